The summed E-state index contributed by atoms with van der Waals surface area (Å²) in [5.74, 6) is -0.949. The van der Waals surface area contributed by atoms with Crippen LogP contribution in [0.2, 0.25) is 5.02 Å². The van der Waals surface area contributed by atoms with E-state index in [1.807, 2.05) is 0 Å². The number of alkyl halides is 3. The number of benzene rings is 1. The van der Waals surface area contributed by atoms with Crippen LogP contribution in [0, 0.1) is 15.9 Å². The number of hydrogen-bond acceptors (Lipinski definition) is 5. The minimum atomic E-state index is -4.83. The van der Waals surface area contributed by atoms with Gasteiger partial charge >= 0.3 is 6.18 Å². The summed E-state index contributed by atoms with van der Waals surface area (Å²) < 4.78 is 59.1. The van der Waals surface area contributed by atoms with Gasteiger partial charge in [0.1, 0.15) is 11.5 Å². The molecule has 0 saturated heterocycles. The molecule has 0 saturated carbocycles. The monoisotopic (exact) mass is 425 g/mol. The molecule has 0 unspecified atom stereocenters. The molecule has 0 radical (unpaired) electrons. The highest BCUT2D eigenvalue weighted by molar-refractivity contribution is 7.80. The first-order chi connectivity index (χ1) is 12.5. The first kappa shape index (κ1) is 21.0. The van der Waals surface area contributed by atoms with Crippen LogP contribution in [-0.4, -0.2) is 26.4 Å². The highest BCUT2D eigenvalue weighted by atomic mass is 35.5. The average molecular weight is 426 g/mol. The number of ether oxygens (including phenoxy) is 1. The molecule has 1 aromatic carbocycles. The van der Waals surface area contributed by atoms with E-state index in [-0.39, 0.29) is 29.2 Å². The molecule has 1 aromatic heterocycles. The zero-order chi connectivity index (χ0) is 20.5. The Morgan fingerprint density at radius 1 is 1.44 bits per heavy atom. The minimum Gasteiger partial charge on any atom is -0.487 e. The zero-order valence-electron chi connectivity index (χ0n) is 13.9. The van der Waals surface area contributed by atoms with Gasteiger partial charge in [-0.2, -0.15) is 18.3 Å². The van der Waals surface area contributed by atoms with Gasteiger partial charge in [0, 0.05) is 13.5 Å². The lowest BCUT2D eigenvalue weighted by atomic mass is 10.0. The fourth-order valence-corrected chi connectivity index (χ4v) is 3.07. The second-order valence-corrected chi connectivity index (χ2v) is 6.17. The molecule has 12 heteroatoms. The van der Waals surface area contributed by atoms with E-state index < -0.39 is 39.0 Å². The van der Waals surface area contributed by atoms with Crippen molar-refractivity contribution in [3.8, 4) is 11.3 Å². The van der Waals surface area contributed by atoms with Crippen molar-refractivity contribution in [1.82, 2.24) is 9.78 Å². The van der Waals surface area contributed by atoms with Gasteiger partial charge in [-0.15, -0.1) is 0 Å². The highest BCUT2D eigenvalue weighted by Crippen LogP contribution is 2.42. The standard InChI is InChI=1S/C15H12ClF4N3O3S/c1-3-26-11(27)5-7-4-8(10(23(24)25)6-9(7)17)13-12(16)14(15(18,19)20)22(2)21-13/h4,6H,3,5H2,1-2H3. The Bertz CT molecular complexity index is 915. The molecular formula is C15H12ClF4N3O3S. The maximum Gasteiger partial charge on any atom is 0.434 e. The molecule has 0 fully saturated rings. The lowest BCUT2D eigenvalue weighted by molar-refractivity contribution is -0.384. The number of nitrogens with zero attached hydrogens (tertiary/aromatic N) is 3. The maximum atomic E-state index is 14.2. The molecule has 0 aliphatic carbocycles. The first-order valence-corrected chi connectivity index (χ1v) is 8.18. The van der Waals surface area contributed by atoms with Crippen LogP contribution in [0.3, 0.4) is 0 Å². The van der Waals surface area contributed by atoms with Gasteiger partial charge in [-0.1, -0.05) is 11.6 Å². The number of aromatic nitrogens is 2. The van der Waals surface area contributed by atoms with Gasteiger partial charge < -0.3 is 4.74 Å². The summed E-state index contributed by atoms with van der Waals surface area (Å²) >= 11 is 10.7. The molecule has 6 nitrogen and oxygen atoms in total. The molecule has 0 aliphatic heterocycles. The number of hydrogen-bond donors (Lipinski definition) is 0. The van der Waals surface area contributed by atoms with E-state index in [0.717, 1.165) is 13.1 Å². The topological polar surface area (TPSA) is 70.2 Å². The first-order valence-electron chi connectivity index (χ1n) is 7.39. The summed E-state index contributed by atoms with van der Waals surface area (Å²) in [7, 11) is 0.999. The van der Waals surface area contributed by atoms with Crippen LogP contribution in [0.15, 0.2) is 12.1 Å². The summed E-state index contributed by atoms with van der Waals surface area (Å²) in [6.45, 7) is 1.90. The van der Waals surface area contributed by atoms with E-state index >= 15 is 0 Å². The van der Waals surface area contributed by atoms with Crippen LogP contribution < -0.4 is 0 Å². The van der Waals surface area contributed by atoms with E-state index in [1.54, 1.807) is 6.92 Å². The predicted molar refractivity (Wildman–Crippen MR) is 93.2 cm³/mol. The van der Waals surface area contributed by atoms with Crippen molar-refractivity contribution in [2.45, 2.75) is 19.5 Å². The molecule has 0 aliphatic rings. The summed E-state index contributed by atoms with van der Waals surface area (Å²) in [4.78, 5) is 10.3. The maximum absolute atomic E-state index is 14.2. The molecule has 0 bridgehead atoms. The minimum absolute atomic E-state index is 0.0271. The van der Waals surface area contributed by atoms with Crippen molar-refractivity contribution in [1.29, 1.82) is 0 Å². The van der Waals surface area contributed by atoms with Crippen LogP contribution >= 0.6 is 23.8 Å². The van der Waals surface area contributed by atoms with Crippen LogP contribution in [0.4, 0.5) is 23.2 Å². The van der Waals surface area contributed by atoms with Crippen LogP contribution in [0.5, 0.6) is 0 Å². The van der Waals surface area contributed by atoms with E-state index in [1.165, 1.54) is 0 Å². The quantitative estimate of drug-likeness (QED) is 0.300. The molecule has 0 spiro atoms. The van der Waals surface area contributed by atoms with E-state index in [4.69, 9.17) is 28.6 Å². The molecule has 0 N–H and O–H groups in total. The van der Waals surface area contributed by atoms with Crippen molar-refractivity contribution in [3.63, 3.8) is 0 Å². The van der Waals surface area contributed by atoms with Gasteiger partial charge in [0.25, 0.3) is 5.69 Å². The number of nitro groups is 1. The van der Waals surface area contributed by atoms with Crippen molar-refractivity contribution < 1.29 is 27.2 Å². The fourth-order valence-electron chi connectivity index (χ4n) is 2.43. The van der Waals surface area contributed by atoms with Gasteiger partial charge in [0.2, 0.25) is 0 Å². The molecule has 1 heterocycles. The Kier molecular flexibility index (Phi) is 6.05. The van der Waals surface area contributed by atoms with Crippen LogP contribution in [-0.2, 0) is 24.4 Å². The molecule has 2 rings (SSSR count). The van der Waals surface area contributed by atoms with Crippen LogP contribution in [0.25, 0.3) is 11.3 Å². The Hall–Kier alpha value is -2.27. The smallest absolute Gasteiger partial charge is 0.434 e. The second kappa shape index (κ2) is 7.77. The third kappa shape index (κ3) is 4.35. The number of aryl methyl sites for hydroxylation is 1. The Morgan fingerprint density at radius 2 is 2.07 bits per heavy atom. The highest BCUT2D eigenvalue weighted by Gasteiger charge is 2.40. The number of halogens is 5. The van der Waals surface area contributed by atoms with Crippen molar-refractivity contribution in [2.24, 2.45) is 7.05 Å². The second-order valence-electron chi connectivity index (χ2n) is 5.33. The molecule has 0 amide bonds. The molecule has 146 valence electrons. The average Bonchev–Trinajstić information content (AvgIpc) is 2.83. The fraction of sp³-hybridized carbons (Fsp3) is 0.333. The third-order valence-electron chi connectivity index (χ3n) is 3.51. The zero-order valence-corrected chi connectivity index (χ0v) is 15.5. The van der Waals surface area contributed by atoms with Gasteiger partial charge in [-0.05, 0) is 30.8 Å². The van der Waals surface area contributed by atoms with Crippen molar-refractivity contribution in [3.05, 3.63) is 44.3 Å². The Morgan fingerprint density at radius 3 is 2.56 bits per heavy atom. The summed E-state index contributed by atoms with van der Waals surface area (Å²) in [6.07, 6.45) is -5.03. The normalized spacial score (nSPS) is 11.5. The summed E-state index contributed by atoms with van der Waals surface area (Å²) in [5.41, 5.74) is -2.98. The third-order valence-corrected chi connectivity index (χ3v) is 4.13. The SMILES string of the molecule is CCOC(=S)Cc1cc(-c2nn(C)c(C(F)(F)F)c2Cl)c([N+](=O)[O-])cc1F. The van der Waals surface area contributed by atoms with Crippen molar-refractivity contribution >= 4 is 34.6 Å². The van der Waals surface area contributed by atoms with Gasteiger partial charge in [-0.3, -0.25) is 14.8 Å². The van der Waals surface area contributed by atoms with E-state index in [9.17, 15) is 27.7 Å². The predicted octanol–water partition coefficient (Wildman–Crippen LogP) is 4.71. The molecule has 0 atom stereocenters. The number of nitro benzene ring substituents is 1. The lowest BCUT2D eigenvalue weighted by Crippen LogP contribution is -2.12. The number of thiocarbonyl (C=S) groups is 1. The molecule has 2 aromatic rings. The summed E-state index contributed by atoms with van der Waals surface area (Å²) in [6, 6.07) is 1.60. The largest absolute Gasteiger partial charge is 0.487 e. The number of rotatable bonds is 5. The van der Waals surface area contributed by atoms with E-state index in [0.29, 0.717) is 10.7 Å². The Balaban J connectivity index is 2.68. The van der Waals surface area contributed by atoms with Gasteiger partial charge in [-0.25, -0.2) is 4.39 Å². The van der Waals surface area contributed by atoms with Gasteiger partial charge in [0.15, 0.2) is 10.7 Å². The lowest BCUT2D eigenvalue weighted by Gasteiger charge is -2.09. The van der Waals surface area contributed by atoms with Crippen molar-refractivity contribution in [2.75, 3.05) is 6.61 Å². The van der Waals surface area contributed by atoms with E-state index in [2.05, 4.69) is 5.10 Å². The van der Waals surface area contributed by atoms with Gasteiger partial charge in [0.05, 0.1) is 28.2 Å². The molecule has 27 heavy (non-hydrogen) atoms. The van der Waals surface area contributed by atoms with Crippen LogP contribution in [0.1, 0.15) is 18.2 Å². The summed E-state index contributed by atoms with van der Waals surface area (Å²) in [5, 5.41) is 14.1. The molecular weight excluding hydrogens is 414 g/mol. The Labute approximate surface area is 160 Å².